The highest BCUT2D eigenvalue weighted by Gasteiger charge is 2.22. The van der Waals surface area contributed by atoms with Gasteiger partial charge in [0.1, 0.15) is 0 Å². The number of aliphatic hydroxyl groups is 1. The number of nitrogens with two attached hydrogens (primary N) is 1. The second kappa shape index (κ2) is 5.42. The van der Waals surface area contributed by atoms with E-state index in [0.29, 0.717) is 0 Å². The number of aliphatic hydroxyl groups excluding tert-OH is 1. The summed E-state index contributed by atoms with van der Waals surface area (Å²) in [5.41, 5.74) is 5.55. The summed E-state index contributed by atoms with van der Waals surface area (Å²) in [5, 5.41) is 19.7. The third-order valence-electron chi connectivity index (χ3n) is 2.47. The summed E-state index contributed by atoms with van der Waals surface area (Å²) < 4.78 is 22.6. The van der Waals surface area contributed by atoms with Crippen molar-refractivity contribution < 1.29 is 18.4 Å². The summed E-state index contributed by atoms with van der Waals surface area (Å²) in [4.78, 5) is 10.1. The summed E-state index contributed by atoms with van der Waals surface area (Å²) >= 11 is 0. The SMILES string of the molecule is CS(=O)(=O)c1ccc(C(N)CCO)c([N+](=O)[O-])c1. The van der Waals surface area contributed by atoms with Crippen LogP contribution in [0.5, 0.6) is 0 Å². The van der Waals surface area contributed by atoms with Gasteiger partial charge in [-0.3, -0.25) is 10.1 Å². The van der Waals surface area contributed by atoms with Gasteiger partial charge in [-0.25, -0.2) is 8.42 Å². The third-order valence-corrected chi connectivity index (χ3v) is 3.58. The normalized spacial score (nSPS) is 13.3. The van der Waals surface area contributed by atoms with Gasteiger partial charge in [0.05, 0.1) is 9.82 Å². The van der Waals surface area contributed by atoms with Gasteiger partial charge in [-0.05, 0) is 18.6 Å². The maximum Gasteiger partial charge on any atom is 0.275 e. The first kappa shape index (κ1) is 14.6. The molecule has 3 N–H and O–H groups in total. The smallest absolute Gasteiger partial charge is 0.275 e. The van der Waals surface area contributed by atoms with Gasteiger partial charge in [0.25, 0.3) is 5.69 Å². The van der Waals surface area contributed by atoms with Crippen molar-refractivity contribution in [1.82, 2.24) is 0 Å². The molecule has 0 spiro atoms. The van der Waals surface area contributed by atoms with Gasteiger partial charge in [-0.1, -0.05) is 0 Å². The monoisotopic (exact) mass is 274 g/mol. The summed E-state index contributed by atoms with van der Waals surface area (Å²) in [7, 11) is -3.51. The van der Waals surface area contributed by atoms with Crippen LogP contribution >= 0.6 is 0 Å². The number of sulfone groups is 1. The molecule has 0 bridgehead atoms. The Bertz CT molecular complexity index is 555. The Hall–Kier alpha value is -1.51. The number of rotatable bonds is 5. The lowest BCUT2D eigenvalue weighted by Gasteiger charge is -2.11. The Morgan fingerprint density at radius 2 is 2.11 bits per heavy atom. The number of nitrogens with zero attached hydrogens (tertiary/aromatic N) is 1. The van der Waals surface area contributed by atoms with Gasteiger partial charge in [-0.15, -0.1) is 0 Å². The molecule has 1 rings (SSSR count). The Morgan fingerprint density at radius 3 is 2.56 bits per heavy atom. The molecule has 0 amide bonds. The first-order chi connectivity index (χ1) is 8.27. The lowest BCUT2D eigenvalue weighted by molar-refractivity contribution is -0.386. The predicted octanol–water partition coefficient (Wildman–Crippen LogP) is 0.381. The first-order valence-electron chi connectivity index (χ1n) is 5.12. The second-order valence-electron chi connectivity index (χ2n) is 3.87. The van der Waals surface area contributed by atoms with Crippen molar-refractivity contribution in [2.45, 2.75) is 17.4 Å². The zero-order chi connectivity index (χ0) is 13.9. The van der Waals surface area contributed by atoms with Crippen LogP contribution in [0, 0.1) is 10.1 Å². The number of nitro benzene ring substituents is 1. The first-order valence-corrected chi connectivity index (χ1v) is 7.01. The number of hydrogen-bond acceptors (Lipinski definition) is 6. The number of benzene rings is 1. The fourth-order valence-corrected chi connectivity index (χ4v) is 2.16. The van der Waals surface area contributed by atoms with E-state index in [4.69, 9.17) is 10.8 Å². The largest absolute Gasteiger partial charge is 0.396 e. The van der Waals surface area contributed by atoms with E-state index >= 15 is 0 Å². The Balaban J connectivity index is 3.34. The maximum atomic E-state index is 11.3. The highest BCUT2D eigenvalue weighted by molar-refractivity contribution is 7.90. The zero-order valence-electron chi connectivity index (χ0n) is 9.74. The zero-order valence-corrected chi connectivity index (χ0v) is 10.6. The van der Waals surface area contributed by atoms with Crippen molar-refractivity contribution in [2.75, 3.05) is 12.9 Å². The summed E-state index contributed by atoms with van der Waals surface area (Å²) in [5.74, 6) is 0. The van der Waals surface area contributed by atoms with Gasteiger partial charge < -0.3 is 10.8 Å². The topological polar surface area (TPSA) is 124 Å². The fraction of sp³-hybridized carbons (Fsp3) is 0.400. The van der Waals surface area contributed by atoms with Crippen LogP contribution in [0.15, 0.2) is 23.1 Å². The molecule has 0 radical (unpaired) electrons. The van der Waals surface area contributed by atoms with Crippen molar-refractivity contribution in [2.24, 2.45) is 5.73 Å². The minimum Gasteiger partial charge on any atom is -0.396 e. The van der Waals surface area contributed by atoms with Crippen LogP contribution in [0.25, 0.3) is 0 Å². The standard InChI is InChI=1S/C10H14N2O5S/c1-18(16,17)7-2-3-8(9(11)4-5-13)10(6-7)12(14)15/h2-3,6,9,13H,4-5,11H2,1H3. The second-order valence-corrected chi connectivity index (χ2v) is 5.88. The van der Waals surface area contributed by atoms with Crippen LogP contribution < -0.4 is 5.73 Å². The molecule has 0 heterocycles. The Morgan fingerprint density at radius 1 is 1.50 bits per heavy atom. The lowest BCUT2D eigenvalue weighted by atomic mass is 10.0. The molecule has 0 aliphatic carbocycles. The minimum absolute atomic E-state index is 0.130. The van der Waals surface area contributed by atoms with E-state index in [0.717, 1.165) is 12.3 Å². The average Bonchev–Trinajstić information content (AvgIpc) is 2.27. The van der Waals surface area contributed by atoms with Crippen molar-refractivity contribution in [3.63, 3.8) is 0 Å². The highest BCUT2D eigenvalue weighted by atomic mass is 32.2. The molecule has 0 aliphatic rings. The summed E-state index contributed by atoms with van der Waals surface area (Å²) in [6.45, 7) is -0.202. The number of hydrogen-bond donors (Lipinski definition) is 2. The molecule has 0 fully saturated rings. The van der Waals surface area contributed by atoms with Gasteiger partial charge in [0.15, 0.2) is 9.84 Å². The molecule has 1 aromatic rings. The third kappa shape index (κ3) is 3.25. The molecule has 7 nitrogen and oxygen atoms in total. The van der Waals surface area contributed by atoms with Gasteiger partial charge in [0.2, 0.25) is 0 Å². The molecule has 18 heavy (non-hydrogen) atoms. The van der Waals surface area contributed by atoms with Gasteiger partial charge in [0, 0.05) is 30.5 Å². The summed E-state index contributed by atoms with van der Waals surface area (Å²) in [6, 6.07) is 2.87. The Labute approximate surface area is 104 Å². The fourth-order valence-electron chi connectivity index (χ4n) is 1.52. The van der Waals surface area contributed by atoms with Crippen molar-refractivity contribution in [3.05, 3.63) is 33.9 Å². The van der Waals surface area contributed by atoms with E-state index in [-0.39, 0.29) is 29.2 Å². The highest BCUT2D eigenvalue weighted by Crippen LogP contribution is 2.28. The quantitative estimate of drug-likeness (QED) is 0.591. The molecule has 8 heteroatoms. The van der Waals surface area contributed by atoms with Gasteiger partial charge >= 0.3 is 0 Å². The molecular weight excluding hydrogens is 260 g/mol. The molecule has 0 aromatic heterocycles. The molecule has 100 valence electrons. The van der Waals surface area contributed by atoms with E-state index < -0.39 is 20.8 Å². The molecule has 1 aromatic carbocycles. The molecule has 0 saturated heterocycles. The van der Waals surface area contributed by atoms with E-state index in [1.54, 1.807) is 0 Å². The van der Waals surface area contributed by atoms with Crippen LogP contribution in [0.4, 0.5) is 5.69 Å². The van der Waals surface area contributed by atoms with E-state index in [1.807, 2.05) is 0 Å². The van der Waals surface area contributed by atoms with Crippen molar-refractivity contribution in [3.8, 4) is 0 Å². The van der Waals surface area contributed by atoms with E-state index in [1.165, 1.54) is 12.1 Å². The lowest BCUT2D eigenvalue weighted by Crippen LogP contribution is -2.14. The van der Waals surface area contributed by atoms with Crippen molar-refractivity contribution >= 4 is 15.5 Å². The molecule has 1 unspecified atom stereocenters. The average molecular weight is 274 g/mol. The molecule has 1 atom stereocenters. The van der Waals surface area contributed by atoms with Crippen molar-refractivity contribution in [1.29, 1.82) is 0 Å². The van der Waals surface area contributed by atoms with Gasteiger partial charge in [-0.2, -0.15) is 0 Å². The Kier molecular flexibility index (Phi) is 4.38. The maximum absolute atomic E-state index is 11.3. The van der Waals surface area contributed by atoms with Crippen LogP contribution in [-0.4, -0.2) is 31.3 Å². The van der Waals surface area contributed by atoms with Crippen LogP contribution in [0.1, 0.15) is 18.0 Å². The van der Waals surface area contributed by atoms with E-state index in [2.05, 4.69) is 0 Å². The minimum atomic E-state index is -3.51. The molecule has 0 saturated carbocycles. The summed E-state index contributed by atoms with van der Waals surface area (Å²) in [6.07, 6.45) is 1.14. The van der Waals surface area contributed by atoms with Crippen LogP contribution in [0.3, 0.4) is 0 Å². The van der Waals surface area contributed by atoms with Crippen LogP contribution in [0.2, 0.25) is 0 Å². The molecular formula is C10H14N2O5S. The predicted molar refractivity (Wildman–Crippen MR) is 64.8 cm³/mol. The molecule has 0 aliphatic heterocycles. The van der Waals surface area contributed by atoms with E-state index in [9.17, 15) is 18.5 Å². The van der Waals surface area contributed by atoms with Crippen LogP contribution in [-0.2, 0) is 9.84 Å². The number of nitro groups is 1.